The number of aromatic nitrogens is 6. The van der Waals surface area contributed by atoms with Crippen molar-refractivity contribution < 1.29 is 81.2 Å². The molecule has 0 bridgehead atoms. The van der Waals surface area contributed by atoms with Crippen LogP contribution in [0.4, 0.5) is 23.4 Å². The van der Waals surface area contributed by atoms with E-state index in [1.807, 2.05) is 0 Å². The molecule has 0 amide bonds. The average molecular weight is 835 g/mol. The molecule has 3 aromatic rings. The van der Waals surface area contributed by atoms with Gasteiger partial charge >= 0.3 is 23.5 Å². The number of nitrogens with two attached hydrogens (primary N) is 2. The standard InChI is InChI=1S/C21H32N11O19P3/c1-29-5-31(13-9(29)15(36)28-21(23)26-13)19-17(38)32(39)16(37)7(49-19)3-47-53(42,43)51-54(44,45)50-52(40,41)46-2-6-10(33)11(34)18(48-6)30-4-24-8-12(30)25-20(22)27-14(8)35/h4,6-7,10-11,16-19,33-34,37-39H,2-3,5H2,1H3,(H,40,41)(H,42,43)(H,44,45)(H3,22,25,27,35)(H3,23,26,28,36)/t6-,7-,10-,11-,16-,17+,18-,19-/m1/s1. The first-order valence-electron chi connectivity index (χ1n) is 14.9. The lowest BCUT2D eigenvalue weighted by molar-refractivity contribution is -0.359. The van der Waals surface area contributed by atoms with Crippen LogP contribution in [0, 0.1) is 0 Å². The minimum absolute atomic E-state index is 0.0140. The summed E-state index contributed by atoms with van der Waals surface area (Å²) in [7, 11) is -16.1. The van der Waals surface area contributed by atoms with Gasteiger partial charge in [-0.15, -0.1) is 5.06 Å². The monoisotopic (exact) mass is 835 g/mol. The molecular formula is C21H32N11O19P3. The highest BCUT2D eigenvalue weighted by Crippen LogP contribution is 2.67. The lowest BCUT2D eigenvalue weighted by Crippen LogP contribution is -2.65. The number of morpholine rings is 1. The van der Waals surface area contributed by atoms with Crippen LogP contribution in [0.15, 0.2) is 15.9 Å². The van der Waals surface area contributed by atoms with E-state index in [1.165, 1.54) is 11.9 Å². The second kappa shape index (κ2) is 14.5. The summed E-state index contributed by atoms with van der Waals surface area (Å²) >= 11 is 0. The number of aliphatic hydroxyl groups is 4. The van der Waals surface area contributed by atoms with E-state index >= 15 is 0 Å². The second-order valence-corrected chi connectivity index (χ2v) is 16.3. The van der Waals surface area contributed by atoms with E-state index in [1.54, 1.807) is 0 Å². The van der Waals surface area contributed by atoms with Gasteiger partial charge < -0.3 is 71.1 Å². The maximum absolute atomic E-state index is 12.6. The Morgan fingerprint density at radius 2 is 1.43 bits per heavy atom. The van der Waals surface area contributed by atoms with Crippen molar-refractivity contribution in [1.82, 2.24) is 34.6 Å². The first kappa shape index (κ1) is 40.2. The van der Waals surface area contributed by atoms with Gasteiger partial charge in [0, 0.05) is 7.05 Å². The van der Waals surface area contributed by atoms with Gasteiger partial charge in [0.25, 0.3) is 11.1 Å². The number of hydroxylamine groups is 2. The van der Waals surface area contributed by atoms with Crippen LogP contribution in [-0.4, -0.2) is 145 Å². The predicted molar refractivity (Wildman–Crippen MR) is 171 cm³/mol. The molecule has 33 heteroatoms. The number of phosphoric ester groups is 2. The van der Waals surface area contributed by atoms with Gasteiger partial charge in [-0.05, 0) is 0 Å². The SMILES string of the molecule is CN1CN([C@@H]2O[C@H](COP(=O)(O)OP(=O)(O)OP(=O)(O)OC[C@H]3O[C@@H](n4cnc5c(=O)[nH]c(N)nc54)[C@H](O)[C@@H]3O)[C@@H](O)N(O)[C@H]2O)c2nc(N)[nH]c(=O)c21. The van der Waals surface area contributed by atoms with Gasteiger partial charge in [0.05, 0.1) is 26.2 Å². The fourth-order valence-corrected chi connectivity index (χ4v) is 9.13. The number of ether oxygens (including phenoxy) is 2. The molecule has 3 aliphatic heterocycles. The third-order valence-corrected chi connectivity index (χ3v) is 12.2. The number of H-pyrrole nitrogens is 2. The summed E-state index contributed by atoms with van der Waals surface area (Å²) in [6.07, 6.45) is -13.5. The van der Waals surface area contributed by atoms with E-state index in [0.29, 0.717) is 0 Å². The Kier molecular flexibility index (Phi) is 10.8. The molecule has 6 heterocycles. The van der Waals surface area contributed by atoms with Crippen molar-refractivity contribution in [2.45, 2.75) is 49.3 Å². The van der Waals surface area contributed by atoms with E-state index in [2.05, 4.69) is 42.6 Å². The molecule has 54 heavy (non-hydrogen) atoms. The normalized spacial score (nSPS) is 31.0. The van der Waals surface area contributed by atoms with Crippen molar-refractivity contribution in [2.24, 2.45) is 0 Å². The molecule has 3 aromatic heterocycles. The van der Waals surface area contributed by atoms with Crippen molar-refractivity contribution >= 4 is 58.0 Å². The molecule has 3 aliphatic rings. The number of hydrogen-bond acceptors (Lipinski definition) is 24. The van der Waals surface area contributed by atoms with Crippen molar-refractivity contribution in [3.05, 3.63) is 27.0 Å². The minimum atomic E-state index is -6.07. The Morgan fingerprint density at radius 1 is 0.852 bits per heavy atom. The van der Waals surface area contributed by atoms with E-state index in [0.717, 1.165) is 15.8 Å². The molecule has 0 aromatic carbocycles. The van der Waals surface area contributed by atoms with E-state index in [4.69, 9.17) is 20.9 Å². The molecule has 0 radical (unpaired) electrons. The van der Waals surface area contributed by atoms with Crippen LogP contribution < -0.4 is 32.4 Å². The summed E-state index contributed by atoms with van der Waals surface area (Å²) in [5.41, 5.74) is 9.37. The number of nitrogens with one attached hydrogen (secondary N) is 2. The lowest BCUT2D eigenvalue weighted by Gasteiger charge is -2.45. The highest BCUT2D eigenvalue weighted by molar-refractivity contribution is 7.66. The molecule has 2 fully saturated rings. The van der Waals surface area contributed by atoms with Crippen LogP contribution in [0.5, 0.6) is 0 Å². The van der Waals surface area contributed by atoms with Gasteiger partial charge in [-0.25, -0.2) is 18.7 Å². The quantitative estimate of drug-likeness (QED) is 0.0763. The molecule has 0 saturated carbocycles. The summed E-state index contributed by atoms with van der Waals surface area (Å²) in [6.45, 7) is -2.53. The maximum Gasteiger partial charge on any atom is 0.490 e. The molecule has 3 unspecified atom stereocenters. The van der Waals surface area contributed by atoms with Gasteiger partial charge in [-0.2, -0.15) is 18.6 Å². The Morgan fingerprint density at radius 3 is 2.07 bits per heavy atom. The number of anilines is 4. The number of rotatable bonds is 12. The van der Waals surface area contributed by atoms with Crippen molar-refractivity contribution in [3.8, 4) is 0 Å². The third-order valence-electron chi connectivity index (χ3n) is 7.94. The average Bonchev–Trinajstić information content (AvgIpc) is 3.70. The number of nitrogen functional groups attached to an aromatic ring is 2. The molecule has 2 saturated heterocycles. The lowest BCUT2D eigenvalue weighted by atomic mass is 10.1. The molecule has 30 nitrogen and oxygen atoms in total. The van der Waals surface area contributed by atoms with Crippen LogP contribution in [0.2, 0.25) is 0 Å². The number of fused-ring (bicyclic) bond motifs is 2. The van der Waals surface area contributed by atoms with Crippen LogP contribution in [0.25, 0.3) is 11.2 Å². The van der Waals surface area contributed by atoms with E-state index < -0.39 is 97.1 Å². The summed E-state index contributed by atoms with van der Waals surface area (Å²) in [6, 6.07) is 0. The predicted octanol–water partition coefficient (Wildman–Crippen LogP) is -4.68. The zero-order valence-electron chi connectivity index (χ0n) is 27.0. The van der Waals surface area contributed by atoms with Crippen LogP contribution >= 0.6 is 23.5 Å². The summed E-state index contributed by atoms with van der Waals surface area (Å²) in [5.74, 6) is -0.757. The smallest absolute Gasteiger partial charge is 0.387 e. The number of aliphatic hydroxyl groups excluding tert-OH is 4. The molecular weight excluding hydrogens is 803 g/mol. The number of imidazole rings is 1. The molecule has 300 valence electrons. The van der Waals surface area contributed by atoms with Gasteiger partial charge in [-0.3, -0.25) is 33.2 Å². The highest BCUT2D eigenvalue weighted by Gasteiger charge is 2.50. The minimum Gasteiger partial charge on any atom is -0.387 e. The second-order valence-electron chi connectivity index (χ2n) is 11.7. The van der Waals surface area contributed by atoms with E-state index in [9.17, 15) is 63.6 Å². The van der Waals surface area contributed by atoms with Crippen LogP contribution in [-0.2, 0) is 40.8 Å². The van der Waals surface area contributed by atoms with Gasteiger partial charge in [0.15, 0.2) is 41.9 Å². The fourth-order valence-electron chi connectivity index (χ4n) is 5.60. The summed E-state index contributed by atoms with van der Waals surface area (Å²) in [4.78, 5) is 73.3. The van der Waals surface area contributed by atoms with E-state index in [-0.39, 0.29) is 46.3 Å². The number of aromatic amines is 2. The fraction of sp³-hybridized carbons (Fsp3) is 0.571. The Labute approximate surface area is 298 Å². The number of hydrogen-bond donors (Lipinski definition) is 12. The molecule has 0 aliphatic carbocycles. The van der Waals surface area contributed by atoms with Gasteiger partial charge in [-0.1, -0.05) is 0 Å². The number of nitrogens with zero attached hydrogens (tertiary/aromatic N) is 7. The Bertz CT molecular complexity index is 2170. The molecule has 6 rings (SSSR count). The van der Waals surface area contributed by atoms with Crippen LogP contribution in [0.1, 0.15) is 6.23 Å². The maximum atomic E-state index is 12.6. The van der Waals surface area contributed by atoms with Gasteiger partial charge in [0.2, 0.25) is 11.9 Å². The topological polar surface area (TPSA) is 440 Å². The molecule has 14 N–H and O–H groups in total. The van der Waals surface area contributed by atoms with Crippen molar-refractivity contribution in [1.29, 1.82) is 0 Å². The van der Waals surface area contributed by atoms with Gasteiger partial charge in [0.1, 0.15) is 30.1 Å². The van der Waals surface area contributed by atoms with Crippen molar-refractivity contribution in [3.63, 3.8) is 0 Å². The summed E-state index contributed by atoms with van der Waals surface area (Å²) < 4.78 is 66.8. The largest absolute Gasteiger partial charge is 0.490 e. The highest BCUT2D eigenvalue weighted by atomic mass is 31.3. The Balaban J connectivity index is 1.05. The zero-order valence-corrected chi connectivity index (χ0v) is 29.7. The summed E-state index contributed by atoms with van der Waals surface area (Å²) in [5, 5.41) is 52.3. The Hall–Kier alpha value is -3.48. The first-order chi connectivity index (χ1) is 25.1. The van der Waals surface area contributed by atoms with Crippen LogP contribution in [0.3, 0.4) is 0 Å². The molecule has 11 atom stereocenters. The zero-order chi connectivity index (χ0) is 39.7. The van der Waals surface area contributed by atoms with Crippen molar-refractivity contribution in [2.75, 3.05) is 48.2 Å². The number of phosphoric acid groups is 3. The molecule has 0 spiro atoms. The first-order valence-corrected chi connectivity index (χ1v) is 19.4. The third kappa shape index (κ3) is 7.93.